The number of carbonyl (C=O) groups excluding carboxylic acids is 1. The maximum absolute atomic E-state index is 12.3. The summed E-state index contributed by atoms with van der Waals surface area (Å²) in [7, 11) is 0. The molecule has 0 spiro atoms. The van der Waals surface area contributed by atoms with E-state index < -0.39 is 5.97 Å². The number of urea groups is 1. The Labute approximate surface area is 123 Å². The van der Waals surface area contributed by atoms with Gasteiger partial charge in [-0.1, -0.05) is 5.16 Å². The fourth-order valence-electron chi connectivity index (χ4n) is 2.97. The van der Waals surface area contributed by atoms with E-state index in [1.54, 1.807) is 11.8 Å². The smallest absolute Gasteiger partial charge is 0.318 e. The Balaban J connectivity index is 2.02. The predicted octanol–water partition coefficient (Wildman–Crippen LogP) is 2.00. The third-order valence-corrected chi connectivity index (χ3v) is 3.91. The second kappa shape index (κ2) is 6.15. The summed E-state index contributed by atoms with van der Waals surface area (Å²) < 4.78 is 5.10. The lowest BCUT2D eigenvalue weighted by Crippen LogP contribution is -2.44. The fraction of sp³-hybridized carbons (Fsp3) is 0.643. The Bertz CT molecular complexity index is 521. The van der Waals surface area contributed by atoms with Crippen LogP contribution in [0.5, 0.6) is 0 Å². The van der Waals surface area contributed by atoms with Crippen molar-refractivity contribution in [3.63, 3.8) is 0 Å². The number of aryl methyl sites for hydroxylation is 2. The molecule has 2 unspecified atom stereocenters. The van der Waals surface area contributed by atoms with Crippen LogP contribution >= 0.6 is 0 Å². The van der Waals surface area contributed by atoms with Gasteiger partial charge in [0.25, 0.3) is 0 Å². The predicted molar refractivity (Wildman–Crippen MR) is 74.9 cm³/mol. The van der Waals surface area contributed by atoms with Crippen molar-refractivity contribution in [2.45, 2.75) is 52.1 Å². The SMILES string of the molecule is Cc1noc(C)c1C(C)NC(=O)N1CCCC1CC(=O)O. The topological polar surface area (TPSA) is 95.7 Å². The number of hydrogen-bond acceptors (Lipinski definition) is 4. The van der Waals surface area contributed by atoms with Gasteiger partial charge in [0.15, 0.2) is 0 Å². The maximum Gasteiger partial charge on any atom is 0.318 e. The molecule has 0 saturated carbocycles. The van der Waals surface area contributed by atoms with Gasteiger partial charge in [0.2, 0.25) is 0 Å². The zero-order valence-electron chi connectivity index (χ0n) is 12.5. The molecule has 2 amide bonds. The number of nitrogens with one attached hydrogen (secondary N) is 1. The van der Waals surface area contributed by atoms with Gasteiger partial charge in [-0.05, 0) is 33.6 Å². The minimum Gasteiger partial charge on any atom is -0.481 e. The molecule has 2 N–H and O–H groups in total. The number of aliphatic carboxylic acids is 1. The Hall–Kier alpha value is -2.05. The molecule has 0 bridgehead atoms. The van der Waals surface area contributed by atoms with Crippen molar-refractivity contribution in [1.29, 1.82) is 0 Å². The third kappa shape index (κ3) is 3.34. The molecule has 116 valence electrons. The molecule has 1 aromatic rings. The molecule has 1 fully saturated rings. The van der Waals surface area contributed by atoms with Crippen LogP contribution in [0.15, 0.2) is 4.52 Å². The van der Waals surface area contributed by atoms with Crippen molar-refractivity contribution in [2.75, 3.05) is 6.54 Å². The number of likely N-dealkylation sites (tertiary alicyclic amines) is 1. The van der Waals surface area contributed by atoms with E-state index >= 15 is 0 Å². The number of amides is 2. The summed E-state index contributed by atoms with van der Waals surface area (Å²) in [6.45, 7) is 6.10. The molecular weight excluding hydrogens is 274 g/mol. The van der Waals surface area contributed by atoms with Gasteiger partial charge in [0, 0.05) is 18.2 Å². The van der Waals surface area contributed by atoms with E-state index in [4.69, 9.17) is 9.63 Å². The van der Waals surface area contributed by atoms with Crippen LogP contribution in [-0.4, -0.2) is 39.8 Å². The van der Waals surface area contributed by atoms with Crippen molar-refractivity contribution in [3.8, 4) is 0 Å². The van der Waals surface area contributed by atoms with E-state index in [2.05, 4.69) is 10.5 Å². The number of hydrogen-bond donors (Lipinski definition) is 2. The highest BCUT2D eigenvalue weighted by atomic mass is 16.5. The number of carbonyl (C=O) groups is 2. The van der Waals surface area contributed by atoms with Gasteiger partial charge in [-0.15, -0.1) is 0 Å². The number of rotatable bonds is 4. The Morgan fingerprint density at radius 2 is 2.24 bits per heavy atom. The summed E-state index contributed by atoms with van der Waals surface area (Å²) in [6, 6.07) is -0.680. The molecule has 2 atom stereocenters. The number of carboxylic acids is 1. The minimum atomic E-state index is -0.876. The maximum atomic E-state index is 12.3. The van der Waals surface area contributed by atoms with Crippen molar-refractivity contribution >= 4 is 12.0 Å². The summed E-state index contributed by atoms with van der Waals surface area (Å²) in [6.07, 6.45) is 1.57. The first-order chi connectivity index (χ1) is 9.90. The lowest BCUT2D eigenvalue weighted by Gasteiger charge is -2.26. The Morgan fingerprint density at radius 3 is 2.81 bits per heavy atom. The molecule has 1 aromatic heterocycles. The average molecular weight is 295 g/mol. The lowest BCUT2D eigenvalue weighted by atomic mass is 10.1. The molecule has 0 aromatic carbocycles. The fourth-order valence-corrected chi connectivity index (χ4v) is 2.97. The van der Waals surface area contributed by atoms with E-state index in [9.17, 15) is 9.59 Å². The van der Waals surface area contributed by atoms with E-state index in [1.807, 2.05) is 13.8 Å². The monoisotopic (exact) mass is 295 g/mol. The van der Waals surface area contributed by atoms with E-state index in [1.165, 1.54) is 0 Å². The third-order valence-electron chi connectivity index (χ3n) is 3.91. The number of nitrogens with zero attached hydrogens (tertiary/aromatic N) is 2. The van der Waals surface area contributed by atoms with Gasteiger partial charge in [-0.25, -0.2) is 4.79 Å². The molecule has 21 heavy (non-hydrogen) atoms. The first-order valence-electron chi connectivity index (χ1n) is 7.11. The highest BCUT2D eigenvalue weighted by molar-refractivity contribution is 5.76. The average Bonchev–Trinajstić information content (AvgIpc) is 2.95. The van der Waals surface area contributed by atoms with Gasteiger partial charge in [0.1, 0.15) is 5.76 Å². The van der Waals surface area contributed by atoms with Crippen LogP contribution in [0.3, 0.4) is 0 Å². The molecule has 0 radical (unpaired) electrons. The molecule has 2 heterocycles. The minimum absolute atomic E-state index is 0.00682. The molecule has 7 heteroatoms. The van der Waals surface area contributed by atoms with Crippen molar-refractivity contribution in [3.05, 3.63) is 17.0 Å². The van der Waals surface area contributed by atoms with Crippen LogP contribution in [0.4, 0.5) is 4.79 Å². The zero-order chi connectivity index (χ0) is 15.6. The summed E-state index contributed by atoms with van der Waals surface area (Å²) in [5.41, 5.74) is 1.63. The highest BCUT2D eigenvalue weighted by Gasteiger charge is 2.31. The molecule has 1 aliphatic heterocycles. The molecule has 2 rings (SSSR count). The first kappa shape index (κ1) is 15.3. The number of aromatic nitrogens is 1. The van der Waals surface area contributed by atoms with E-state index in [0.717, 1.165) is 24.1 Å². The summed E-state index contributed by atoms with van der Waals surface area (Å²) in [5.74, 6) is -0.192. The molecule has 1 aliphatic rings. The van der Waals surface area contributed by atoms with Crippen LogP contribution in [0, 0.1) is 13.8 Å². The highest BCUT2D eigenvalue weighted by Crippen LogP contribution is 2.24. The largest absolute Gasteiger partial charge is 0.481 e. The van der Waals surface area contributed by atoms with Gasteiger partial charge in [0.05, 0.1) is 18.2 Å². The van der Waals surface area contributed by atoms with Crippen LogP contribution in [-0.2, 0) is 4.79 Å². The van der Waals surface area contributed by atoms with Crippen LogP contribution in [0.2, 0.25) is 0 Å². The molecule has 7 nitrogen and oxygen atoms in total. The molecule has 0 aliphatic carbocycles. The summed E-state index contributed by atoms with van der Waals surface area (Å²) >= 11 is 0. The van der Waals surface area contributed by atoms with Crippen LogP contribution in [0.25, 0.3) is 0 Å². The van der Waals surface area contributed by atoms with Crippen molar-refractivity contribution < 1.29 is 19.2 Å². The quantitative estimate of drug-likeness (QED) is 0.885. The summed E-state index contributed by atoms with van der Waals surface area (Å²) in [4.78, 5) is 24.8. The molecular formula is C14H21N3O4. The van der Waals surface area contributed by atoms with Crippen LogP contribution in [0.1, 0.15) is 49.2 Å². The zero-order valence-corrected chi connectivity index (χ0v) is 12.5. The normalized spacial score (nSPS) is 19.6. The Kier molecular flexibility index (Phi) is 4.50. The van der Waals surface area contributed by atoms with Crippen LogP contribution < -0.4 is 5.32 Å². The van der Waals surface area contributed by atoms with E-state index in [0.29, 0.717) is 12.3 Å². The van der Waals surface area contributed by atoms with Crippen molar-refractivity contribution in [1.82, 2.24) is 15.4 Å². The van der Waals surface area contributed by atoms with Gasteiger partial charge < -0.3 is 19.8 Å². The standard InChI is InChI=1S/C14H21N3O4/c1-8(13-9(2)16-21-10(13)3)15-14(20)17-6-4-5-11(17)7-12(18)19/h8,11H,4-7H2,1-3H3,(H,15,20)(H,18,19). The van der Waals surface area contributed by atoms with Crippen molar-refractivity contribution in [2.24, 2.45) is 0 Å². The lowest BCUT2D eigenvalue weighted by molar-refractivity contribution is -0.137. The van der Waals surface area contributed by atoms with Gasteiger partial charge >= 0.3 is 12.0 Å². The second-order valence-electron chi connectivity index (χ2n) is 5.50. The number of carboxylic acid groups (broad SMARTS) is 1. The second-order valence-corrected chi connectivity index (χ2v) is 5.50. The van der Waals surface area contributed by atoms with Gasteiger partial charge in [-0.2, -0.15) is 0 Å². The van der Waals surface area contributed by atoms with E-state index in [-0.39, 0.29) is 24.5 Å². The first-order valence-corrected chi connectivity index (χ1v) is 7.11. The van der Waals surface area contributed by atoms with Gasteiger partial charge in [-0.3, -0.25) is 4.79 Å². The summed E-state index contributed by atoms with van der Waals surface area (Å²) in [5, 5.41) is 15.7. The Morgan fingerprint density at radius 1 is 1.52 bits per heavy atom. The molecule has 1 saturated heterocycles.